The molecule has 0 aliphatic heterocycles. The van der Waals surface area contributed by atoms with Gasteiger partial charge in [-0.15, -0.1) is 0 Å². The predicted octanol–water partition coefficient (Wildman–Crippen LogP) is 2.26. The quantitative estimate of drug-likeness (QED) is 0.753. The fourth-order valence-electron chi connectivity index (χ4n) is 2.54. The molecule has 0 saturated heterocycles. The lowest BCUT2D eigenvalue weighted by atomic mass is 9.79. The highest BCUT2D eigenvalue weighted by Gasteiger charge is 2.28. The number of hydrogen-bond acceptors (Lipinski definition) is 2. The van der Waals surface area contributed by atoms with Crippen molar-refractivity contribution in [2.45, 2.75) is 58.5 Å². The number of rotatable bonds is 4. The van der Waals surface area contributed by atoms with E-state index in [0.717, 1.165) is 12.3 Å². The minimum Gasteiger partial charge on any atom is -0.480 e. The lowest BCUT2D eigenvalue weighted by Crippen LogP contribution is -2.47. The molecular formula is C12H23NO2. The van der Waals surface area contributed by atoms with Crippen molar-refractivity contribution in [1.82, 2.24) is 5.32 Å². The average Bonchev–Trinajstić information content (AvgIpc) is 2.16. The molecule has 0 radical (unpaired) electrons. The first-order valence-corrected chi connectivity index (χ1v) is 6.03. The van der Waals surface area contributed by atoms with E-state index in [2.05, 4.69) is 19.2 Å². The van der Waals surface area contributed by atoms with E-state index in [4.69, 9.17) is 5.11 Å². The second-order valence-corrected chi connectivity index (χ2v) is 4.97. The van der Waals surface area contributed by atoms with Crippen molar-refractivity contribution in [3.8, 4) is 0 Å². The minimum atomic E-state index is -0.719. The largest absolute Gasteiger partial charge is 0.480 e. The highest BCUT2D eigenvalue weighted by Crippen LogP contribution is 2.28. The van der Waals surface area contributed by atoms with Crippen LogP contribution >= 0.6 is 0 Å². The first kappa shape index (κ1) is 12.5. The van der Waals surface area contributed by atoms with Gasteiger partial charge in [-0.2, -0.15) is 0 Å². The second-order valence-electron chi connectivity index (χ2n) is 4.97. The molecule has 0 bridgehead atoms. The molecule has 1 saturated carbocycles. The Kier molecular flexibility index (Phi) is 4.58. The van der Waals surface area contributed by atoms with E-state index in [1.807, 2.05) is 6.92 Å². The van der Waals surface area contributed by atoms with E-state index in [1.165, 1.54) is 12.8 Å². The summed E-state index contributed by atoms with van der Waals surface area (Å²) in [5.74, 6) is 0.674. The molecule has 1 aliphatic rings. The molecule has 0 aromatic carbocycles. The van der Waals surface area contributed by atoms with Crippen LogP contribution in [0.4, 0.5) is 0 Å². The summed E-state index contributed by atoms with van der Waals surface area (Å²) in [6.07, 6.45) is 4.21. The van der Waals surface area contributed by atoms with Crippen molar-refractivity contribution < 1.29 is 9.90 Å². The molecule has 15 heavy (non-hydrogen) atoms. The molecule has 0 spiro atoms. The Morgan fingerprint density at radius 2 is 2.13 bits per heavy atom. The molecule has 3 heteroatoms. The third kappa shape index (κ3) is 3.49. The number of carboxylic acids is 1. The molecule has 3 nitrogen and oxygen atoms in total. The van der Waals surface area contributed by atoms with Gasteiger partial charge in [-0.3, -0.25) is 4.79 Å². The highest BCUT2D eigenvalue weighted by atomic mass is 16.4. The summed E-state index contributed by atoms with van der Waals surface area (Å²) in [4.78, 5) is 10.9. The van der Waals surface area contributed by atoms with Crippen LogP contribution in [-0.4, -0.2) is 23.2 Å². The maximum atomic E-state index is 10.9. The zero-order valence-electron chi connectivity index (χ0n) is 9.99. The van der Waals surface area contributed by atoms with Gasteiger partial charge in [-0.05, 0) is 37.5 Å². The van der Waals surface area contributed by atoms with E-state index >= 15 is 0 Å². The molecule has 2 N–H and O–H groups in total. The molecule has 1 aliphatic carbocycles. The third-order valence-corrected chi connectivity index (χ3v) is 3.55. The van der Waals surface area contributed by atoms with E-state index in [1.54, 1.807) is 0 Å². The van der Waals surface area contributed by atoms with Gasteiger partial charge in [0.25, 0.3) is 0 Å². The van der Waals surface area contributed by atoms with Crippen molar-refractivity contribution in [2.75, 3.05) is 0 Å². The van der Waals surface area contributed by atoms with Crippen LogP contribution in [0.2, 0.25) is 0 Å². The van der Waals surface area contributed by atoms with Gasteiger partial charge in [0.1, 0.15) is 6.04 Å². The van der Waals surface area contributed by atoms with Crippen LogP contribution in [0, 0.1) is 11.8 Å². The van der Waals surface area contributed by atoms with Crippen LogP contribution in [0.25, 0.3) is 0 Å². The minimum absolute atomic E-state index is 0.370. The maximum absolute atomic E-state index is 10.9. The van der Waals surface area contributed by atoms with Gasteiger partial charge in [0, 0.05) is 6.04 Å². The fraction of sp³-hybridized carbons (Fsp3) is 0.917. The summed E-state index contributed by atoms with van der Waals surface area (Å²) in [6, 6.07) is 0.0214. The van der Waals surface area contributed by atoms with Crippen LogP contribution in [0.5, 0.6) is 0 Å². The highest BCUT2D eigenvalue weighted by molar-refractivity contribution is 5.73. The Balaban J connectivity index is 2.46. The monoisotopic (exact) mass is 213 g/mol. The van der Waals surface area contributed by atoms with Gasteiger partial charge in [0.2, 0.25) is 0 Å². The lowest BCUT2D eigenvalue weighted by molar-refractivity contribution is -0.140. The summed E-state index contributed by atoms with van der Waals surface area (Å²) < 4.78 is 0. The Hall–Kier alpha value is -0.570. The zero-order chi connectivity index (χ0) is 11.4. The molecule has 0 heterocycles. The summed E-state index contributed by atoms with van der Waals surface area (Å²) in [5, 5.41) is 12.3. The van der Waals surface area contributed by atoms with Crippen molar-refractivity contribution in [3.05, 3.63) is 0 Å². The Labute approximate surface area is 92.3 Å². The van der Waals surface area contributed by atoms with Crippen molar-refractivity contribution in [1.29, 1.82) is 0 Å². The van der Waals surface area contributed by atoms with E-state index in [9.17, 15) is 4.79 Å². The van der Waals surface area contributed by atoms with Gasteiger partial charge in [0.15, 0.2) is 0 Å². The molecule has 1 rings (SSSR count). The fourth-order valence-corrected chi connectivity index (χ4v) is 2.54. The molecule has 88 valence electrons. The number of nitrogens with one attached hydrogen (secondary N) is 1. The van der Waals surface area contributed by atoms with Crippen LogP contribution < -0.4 is 5.32 Å². The number of aliphatic carboxylic acids is 1. The molecular weight excluding hydrogens is 190 g/mol. The van der Waals surface area contributed by atoms with Crippen LogP contribution in [0.1, 0.15) is 46.5 Å². The summed E-state index contributed by atoms with van der Waals surface area (Å²) in [6.45, 7) is 6.42. The Bertz CT molecular complexity index is 218. The number of carbonyl (C=O) groups is 1. The number of carboxylic acid groups (broad SMARTS) is 1. The van der Waals surface area contributed by atoms with Gasteiger partial charge in [-0.25, -0.2) is 0 Å². The Morgan fingerprint density at radius 3 is 2.60 bits per heavy atom. The van der Waals surface area contributed by atoms with Crippen LogP contribution in [0.15, 0.2) is 0 Å². The van der Waals surface area contributed by atoms with Crippen molar-refractivity contribution in [2.24, 2.45) is 11.8 Å². The van der Waals surface area contributed by atoms with E-state index in [-0.39, 0.29) is 6.04 Å². The summed E-state index contributed by atoms with van der Waals surface area (Å²) in [5.41, 5.74) is 0. The van der Waals surface area contributed by atoms with Gasteiger partial charge >= 0.3 is 5.97 Å². The van der Waals surface area contributed by atoms with Crippen molar-refractivity contribution in [3.63, 3.8) is 0 Å². The lowest BCUT2D eigenvalue weighted by Gasteiger charge is -2.34. The molecule has 0 amide bonds. The van der Waals surface area contributed by atoms with E-state index < -0.39 is 5.97 Å². The maximum Gasteiger partial charge on any atom is 0.320 e. The van der Waals surface area contributed by atoms with Crippen LogP contribution in [0.3, 0.4) is 0 Å². The van der Waals surface area contributed by atoms with Gasteiger partial charge in [-0.1, -0.05) is 20.8 Å². The third-order valence-electron chi connectivity index (χ3n) is 3.55. The normalized spacial score (nSPS) is 33.7. The van der Waals surface area contributed by atoms with Crippen molar-refractivity contribution >= 4 is 5.97 Å². The zero-order valence-corrected chi connectivity index (χ0v) is 9.99. The summed E-state index contributed by atoms with van der Waals surface area (Å²) in [7, 11) is 0. The van der Waals surface area contributed by atoms with E-state index in [0.29, 0.717) is 18.4 Å². The topological polar surface area (TPSA) is 49.3 Å². The molecule has 0 aromatic heterocycles. The number of hydrogen-bond donors (Lipinski definition) is 2. The Morgan fingerprint density at radius 1 is 1.47 bits per heavy atom. The summed E-state index contributed by atoms with van der Waals surface area (Å²) >= 11 is 0. The SMILES string of the molecule is CCC(NC1CCC(C)CC1C)C(=O)O. The molecule has 1 fully saturated rings. The molecule has 4 unspecified atom stereocenters. The predicted molar refractivity (Wildman–Crippen MR) is 60.8 cm³/mol. The van der Waals surface area contributed by atoms with Crippen LogP contribution in [-0.2, 0) is 4.79 Å². The molecule has 0 aromatic rings. The standard InChI is InChI=1S/C12H23NO2/c1-4-10(12(14)15)13-11-6-5-8(2)7-9(11)3/h8-11,13H,4-7H2,1-3H3,(H,14,15). The first-order valence-electron chi connectivity index (χ1n) is 6.03. The first-order chi connectivity index (χ1) is 7.04. The van der Waals surface area contributed by atoms with Gasteiger partial charge < -0.3 is 10.4 Å². The second kappa shape index (κ2) is 5.50. The van der Waals surface area contributed by atoms with Gasteiger partial charge in [0.05, 0.1) is 0 Å². The average molecular weight is 213 g/mol. The molecule has 4 atom stereocenters. The smallest absolute Gasteiger partial charge is 0.320 e.